The zero-order chi connectivity index (χ0) is 8.97. The first-order valence-corrected chi connectivity index (χ1v) is 4.53. The number of hydrogen-bond donors (Lipinski definition) is 0. The van der Waals surface area contributed by atoms with Gasteiger partial charge in [-0.1, -0.05) is 25.5 Å². The highest BCUT2D eigenvalue weighted by Crippen LogP contribution is 2.17. The maximum atomic E-state index is 2.25. The van der Waals surface area contributed by atoms with Gasteiger partial charge in [0, 0.05) is 18.4 Å². The van der Waals surface area contributed by atoms with Gasteiger partial charge in [0.15, 0.2) is 0 Å². The normalized spacial score (nSPS) is 17.1. The van der Waals surface area contributed by atoms with Gasteiger partial charge in [-0.3, -0.25) is 0 Å². The van der Waals surface area contributed by atoms with Gasteiger partial charge in [-0.25, -0.2) is 0 Å². The van der Waals surface area contributed by atoms with Crippen LogP contribution in [0.5, 0.6) is 0 Å². The van der Waals surface area contributed by atoms with Crippen molar-refractivity contribution in [2.24, 2.45) is 0 Å². The van der Waals surface area contributed by atoms with E-state index >= 15 is 0 Å². The Morgan fingerprint density at radius 3 is 2.58 bits per heavy atom. The molecule has 1 rings (SSSR count). The van der Waals surface area contributed by atoms with E-state index in [4.69, 9.17) is 0 Å². The molecule has 0 unspecified atom stereocenters. The zero-order valence-electron chi connectivity index (χ0n) is 8.17. The number of allylic oxidation sites excluding steroid dienone is 6. The summed E-state index contributed by atoms with van der Waals surface area (Å²) in [5, 5.41) is 0. The van der Waals surface area contributed by atoms with Crippen LogP contribution in [0.3, 0.4) is 0 Å². The predicted molar refractivity (Wildman–Crippen MR) is 53.7 cm³/mol. The third-order valence-corrected chi connectivity index (χ3v) is 2.20. The van der Waals surface area contributed by atoms with E-state index in [2.05, 4.69) is 50.1 Å². The molecule has 0 aromatic heterocycles. The van der Waals surface area contributed by atoms with E-state index in [9.17, 15) is 0 Å². The van der Waals surface area contributed by atoms with Gasteiger partial charge in [-0.2, -0.15) is 0 Å². The molecule has 0 atom stereocenters. The number of nitrogens with zero attached hydrogens (tertiary/aromatic N) is 1. The van der Waals surface area contributed by atoms with Crippen LogP contribution in [0.4, 0.5) is 0 Å². The molecule has 0 aliphatic carbocycles. The Kier molecular flexibility index (Phi) is 3.15. The SMILES string of the molecule is CCCC1=CC=CC=C(C)N1C. The highest BCUT2D eigenvalue weighted by Gasteiger charge is 2.05. The Hall–Kier alpha value is -0.980. The van der Waals surface area contributed by atoms with Crippen molar-refractivity contribution < 1.29 is 0 Å². The van der Waals surface area contributed by atoms with Gasteiger partial charge in [0.05, 0.1) is 0 Å². The molecule has 0 saturated carbocycles. The average Bonchev–Trinajstić information content (AvgIpc) is 2.20. The van der Waals surface area contributed by atoms with Crippen molar-refractivity contribution in [2.45, 2.75) is 26.7 Å². The van der Waals surface area contributed by atoms with Gasteiger partial charge in [0.2, 0.25) is 0 Å². The maximum absolute atomic E-state index is 2.25. The van der Waals surface area contributed by atoms with Crippen LogP contribution >= 0.6 is 0 Å². The molecule has 1 heteroatoms. The van der Waals surface area contributed by atoms with Gasteiger partial charge in [0.1, 0.15) is 0 Å². The fourth-order valence-electron chi connectivity index (χ4n) is 1.32. The molecule has 0 bridgehead atoms. The van der Waals surface area contributed by atoms with E-state index in [0.29, 0.717) is 0 Å². The summed E-state index contributed by atoms with van der Waals surface area (Å²) in [6.07, 6.45) is 10.9. The molecule has 0 N–H and O–H groups in total. The third-order valence-electron chi connectivity index (χ3n) is 2.20. The highest BCUT2D eigenvalue weighted by atomic mass is 15.1. The molecule has 0 aromatic carbocycles. The van der Waals surface area contributed by atoms with Crippen LogP contribution in [0.15, 0.2) is 35.7 Å². The lowest BCUT2D eigenvalue weighted by Gasteiger charge is -2.21. The Morgan fingerprint density at radius 2 is 1.92 bits per heavy atom. The summed E-state index contributed by atoms with van der Waals surface area (Å²) in [5.41, 5.74) is 2.71. The van der Waals surface area contributed by atoms with Crippen molar-refractivity contribution in [3.63, 3.8) is 0 Å². The summed E-state index contributed by atoms with van der Waals surface area (Å²) in [6.45, 7) is 4.35. The van der Waals surface area contributed by atoms with Gasteiger partial charge in [0.25, 0.3) is 0 Å². The highest BCUT2D eigenvalue weighted by molar-refractivity contribution is 5.25. The maximum Gasteiger partial charge on any atom is 0.0173 e. The zero-order valence-corrected chi connectivity index (χ0v) is 8.17. The van der Waals surface area contributed by atoms with Crippen molar-refractivity contribution >= 4 is 0 Å². The van der Waals surface area contributed by atoms with E-state index in [-0.39, 0.29) is 0 Å². The molecule has 1 aliphatic heterocycles. The Balaban J connectivity index is 2.79. The molecule has 0 fully saturated rings. The molecule has 0 amide bonds. The van der Waals surface area contributed by atoms with Crippen molar-refractivity contribution in [3.8, 4) is 0 Å². The lowest BCUT2D eigenvalue weighted by molar-refractivity contribution is 0.494. The first-order chi connectivity index (χ1) is 5.75. The van der Waals surface area contributed by atoms with Crippen molar-refractivity contribution in [1.29, 1.82) is 0 Å². The predicted octanol–water partition coefficient (Wildman–Crippen LogP) is 3.08. The molecule has 0 radical (unpaired) electrons. The second-order valence-corrected chi connectivity index (χ2v) is 3.16. The molecule has 0 saturated heterocycles. The first kappa shape index (κ1) is 9.11. The Bertz CT molecular complexity index is 233. The quantitative estimate of drug-likeness (QED) is 0.604. The van der Waals surface area contributed by atoms with Crippen LogP contribution < -0.4 is 0 Å². The van der Waals surface area contributed by atoms with E-state index in [0.717, 1.165) is 6.42 Å². The smallest absolute Gasteiger partial charge is 0.0173 e. The number of rotatable bonds is 2. The van der Waals surface area contributed by atoms with Crippen LogP contribution in [0.2, 0.25) is 0 Å². The lowest BCUT2D eigenvalue weighted by atomic mass is 10.2. The largest absolute Gasteiger partial charge is 0.352 e. The van der Waals surface area contributed by atoms with Gasteiger partial charge in [-0.05, 0) is 25.5 Å². The summed E-state index contributed by atoms with van der Waals surface area (Å²) in [6, 6.07) is 0. The molecular formula is C11H17N. The Morgan fingerprint density at radius 1 is 1.25 bits per heavy atom. The molecular weight excluding hydrogens is 146 g/mol. The van der Waals surface area contributed by atoms with Crippen molar-refractivity contribution in [3.05, 3.63) is 35.7 Å². The minimum absolute atomic E-state index is 1.16. The van der Waals surface area contributed by atoms with Crippen LogP contribution in [0.1, 0.15) is 26.7 Å². The number of hydrogen-bond acceptors (Lipinski definition) is 1. The van der Waals surface area contributed by atoms with Gasteiger partial charge >= 0.3 is 0 Å². The summed E-state index contributed by atoms with van der Waals surface area (Å²) < 4.78 is 0. The van der Waals surface area contributed by atoms with Crippen LogP contribution in [-0.4, -0.2) is 11.9 Å². The third kappa shape index (κ3) is 2.00. The molecule has 66 valence electrons. The lowest BCUT2D eigenvalue weighted by Crippen LogP contribution is -2.14. The summed E-state index contributed by atoms with van der Waals surface area (Å²) in [4.78, 5) is 2.25. The van der Waals surface area contributed by atoms with E-state index in [1.54, 1.807) is 0 Å². The topological polar surface area (TPSA) is 3.24 Å². The molecule has 1 heterocycles. The molecule has 1 nitrogen and oxygen atoms in total. The fourth-order valence-corrected chi connectivity index (χ4v) is 1.32. The minimum Gasteiger partial charge on any atom is -0.352 e. The monoisotopic (exact) mass is 163 g/mol. The van der Waals surface area contributed by atoms with Crippen molar-refractivity contribution in [2.75, 3.05) is 7.05 Å². The van der Waals surface area contributed by atoms with E-state index < -0.39 is 0 Å². The average molecular weight is 163 g/mol. The molecule has 0 spiro atoms. The molecule has 0 aromatic rings. The Labute approximate surface area is 75.1 Å². The van der Waals surface area contributed by atoms with Crippen molar-refractivity contribution in [1.82, 2.24) is 4.90 Å². The van der Waals surface area contributed by atoms with E-state index in [1.165, 1.54) is 17.8 Å². The minimum atomic E-state index is 1.16. The van der Waals surface area contributed by atoms with E-state index in [1.807, 2.05) is 0 Å². The molecule has 12 heavy (non-hydrogen) atoms. The summed E-state index contributed by atoms with van der Waals surface area (Å²) in [5.74, 6) is 0. The second-order valence-electron chi connectivity index (χ2n) is 3.16. The molecule has 1 aliphatic rings. The van der Waals surface area contributed by atoms with Crippen LogP contribution in [0, 0.1) is 0 Å². The van der Waals surface area contributed by atoms with Gasteiger partial charge < -0.3 is 4.90 Å². The second kappa shape index (κ2) is 4.15. The standard InChI is InChI=1S/C11H17N/c1-4-7-11-9-6-5-8-10(2)12(11)3/h5-6,8-9H,4,7H2,1-3H3. The van der Waals surface area contributed by atoms with Crippen LogP contribution in [-0.2, 0) is 0 Å². The first-order valence-electron chi connectivity index (χ1n) is 4.53. The summed E-state index contributed by atoms with van der Waals surface area (Å²) >= 11 is 0. The van der Waals surface area contributed by atoms with Crippen LogP contribution in [0.25, 0.3) is 0 Å². The van der Waals surface area contributed by atoms with Gasteiger partial charge in [-0.15, -0.1) is 0 Å². The fraction of sp³-hybridized carbons (Fsp3) is 0.455. The summed E-state index contributed by atoms with van der Waals surface area (Å²) in [7, 11) is 2.13.